The normalized spacial score (nSPS) is 14.1. The Morgan fingerprint density at radius 1 is 0.967 bits per heavy atom. The molecule has 1 aliphatic rings. The highest BCUT2D eigenvalue weighted by Crippen LogP contribution is 2.21. The molecule has 1 N–H and O–H groups in total. The van der Waals surface area contributed by atoms with Crippen molar-refractivity contribution in [3.8, 4) is 0 Å². The summed E-state index contributed by atoms with van der Waals surface area (Å²) in [6, 6.07) is 13.3. The van der Waals surface area contributed by atoms with E-state index in [4.69, 9.17) is 0 Å². The van der Waals surface area contributed by atoms with E-state index in [1.54, 1.807) is 29.2 Å². The number of hydrogen-bond acceptors (Lipinski definition) is 8. The summed E-state index contributed by atoms with van der Waals surface area (Å²) >= 11 is 1.55. The van der Waals surface area contributed by atoms with E-state index in [1.165, 1.54) is 0 Å². The minimum absolute atomic E-state index is 0.0629. The molecule has 9 heteroatoms. The molecule has 1 saturated heterocycles. The first kappa shape index (κ1) is 18.4. The molecule has 30 heavy (non-hydrogen) atoms. The van der Waals surface area contributed by atoms with Crippen molar-refractivity contribution >= 4 is 44.8 Å². The Morgan fingerprint density at radius 2 is 1.80 bits per heavy atom. The molecule has 8 nitrogen and oxygen atoms in total. The smallest absolute Gasteiger partial charge is 0.254 e. The van der Waals surface area contributed by atoms with Crippen molar-refractivity contribution in [3.63, 3.8) is 0 Å². The number of nitrogens with one attached hydrogen (secondary N) is 1. The summed E-state index contributed by atoms with van der Waals surface area (Å²) in [6.45, 7) is 2.75. The SMILES string of the molecule is O=C(c1ccc2ncsc2c1)N1CCN(c2ccc(Nc3ccncc3)nn2)CC1. The minimum Gasteiger partial charge on any atom is -0.352 e. The van der Waals surface area contributed by atoms with Crippen LogP contribution in [0.4, 0.5) is 17.3 Å². The van der Waals surface area contributed by atoms with E-state index in [0.717, 1.165) is 34.8 Å². The van der Waals surface area contributed by atoms with E-state index in [1.807, 2.05) is 47.4 Å². The Bertz CT molecular complexity index is 1150. The monoisotopic (exact) mass is 417 g/mol. The summed E-state index contributed by atoms with van der Waals surface area (Å²) in [5, 5.41) is 11.8. The number of pyridine rings is 1. The highest BCUT2D eigenvalue weighted by atomic mass is 32.1. The lowest BCUT2D eigenvalue weighted by Gasteiger charge is -2.35. The van der Waals surface area contributed by atoms with E-state index in [2.05, 4.69) is 30.4 Å². The number of carbonyl (C=O) groups is 1. The Kier molecular flexibility index (Phi) is 4.94. The van der Waals surface area contributed by atoms with E-state index >= 15 is 0 Å². The molecule has 0 saturated carbocycles. The molecule has 0 atom stereocenters. The molecule has 5 rings (SSSR count). The molecule has 0 radical (unpaired) electrons. The van der Waals surface area contributed by atoms with Crippen molar-refractivity contribution in [2.45, 2.75) is 0 Å². The molecule has 1 fully saturated rings. The quantitative estimate of drug-likeness (QED) is 0.546. The van der Waals surface area contributed by atoms with Crippen LogP contribution in [0.5, 0.6) is 0 Å². The maximum absolute atomic E-state index is 12.9. The van der Waals surface area contributed by atoms with Gasteiger partial charge in [0.1, 0.15) is 0 Å². The third-order valence-electron chi connectivity index (χ3n) is 5.07. The lowest BCUT2D eigenvalue weighted by molar-refractivity contribution is 0.0746. The topological polar surface area (TPSA) is 87.1 Å². The molecule has 0 aliphatic carbocycles. The second-order valence-corrected chi connectivity index (χ2v) is 7.84. The van der Waals surface area contributed by atoms with Crippen LogP contribution in [0, 0.1) is 0 Å². The zero-order valence-corrected chi connectivity index (χ0v) is 16.9. The molecule has 0 bridgehead atoms. The number of rotatable bonds is 4. The second kappa shape index (κ2) is 8.03. The molecule has 1 aromatic carbocycles. The lowest BCUT2D eigenvalue weighted by atomic mass is 10.1. The minimum atomic E-state index is 0.0629. The third-order valence-corrected chi connectivity index (χ3v) is 5.86. The molecule has 1 aliphatic heterocycles. The molecule has 1 amide bonds. The van der Waals surface area contributed by atoms with Gasteiger partial charge in [0.25, 0.3) is 5.91 Å². The number of nitrogens with zero attached hydrogens (tertiary/aromatic N) is 6. The van der Waals surface area contributed by atoms with Gasteiger partial charge in [-0.3, -0.25) is 9.78 Å². The van der Waals surface area contributed by atoms with Gasteiger partial charge in [0, 0.05) is 49.8 Å². The van der Waals surface area contributed by atoms with Gasteiger partial charge in [-0.05, 0) is 42.5 Å². The fourth-order valence-corrected chi connectivity index (χ4v) is 4.17. The average molecular weight is 417 g/mol. The van der Waals surface area contributed by atoms with Crippen LogP contribution in [0.15, 0.2) is 60.4 Å². The predicted octanol–water partition coefficient (Wildman–Crippen LogP) is 3.19. The number of hydrogen-bond donors (Lipinski definition) is 1. The van der Waals surface area contributed by atoms with Crippen molar-refractivity contribution in [1.82, 2.24) is 25.1 Å². The number of anilines is 3. The largest absolute Gasteiger partial charge is 0.352 e. The summed E-state index contributed by atoms with van der Waals surface area (Å²) in [5.41, 5.74) is 4.36. The zero-order valence-electron chi connectivity index (χ0n) is 16.1. The van der Waals surface area contributed by atoms with Crippen molar-refractivity contribution in [3.05, 3.63) is 65.9 Å². The number of aromatic nitrogens is 4. The number of amides is 1. The summed E-state index contributed by atoms with van der Waals surface area (Å²) in [5.74, 6) is 1.55. The number of benzene rings is 1. The average Bonchev–Trinajstić information content (AvgIpc) is 3.28. The Balaban J connectivity index is 1.20. The zero-order chi connectivity index (χ0) is 20.3. The number of carbonyl (C=O) groups excluding carboxylic acids is 1. The summed E-state index contributed by atoms with van der Waals surface area (Å²) in [7, 11) is 0. The third kappa shape index (κ3) is 3.79. The molecule has 150 valence electrons. The van der Waals surface area contributed by atoms with Crippen molar-refractivity contribution in [2.75, 3.05) is 36.4 Å². The maximum Gasteiger partial charge on any atom is 0.254 e. The van der Waals surface area contributed by atoms with Gasteiger partial charge in [0.05, 0.1) is 15.7 Å². The molecular weight excluding hydrogens is 398 g/mol. The van der Waals surface area contributed by atoms with Gasteiger partial charge in [-0.25, -0.2) is 4.98 Å². The fourth-order valence-electron chi connectivity index (χ4n) is 3.45. The first-order valence-electron chi connectivity index (χ1n) is 9.64. The fraction of sp³-hybridized carbons (Fsp3) is 0.190. The predicted molar refractivity (Wildman–Crippen MR) is 117 cm³/mol. The van der Waals surface area contributed by atoms with Crippen LogP contribution in [0.2, 0.25) is 0 Å². The van der Waals surface area contributed by atoms with E-state index in [0.29, 0.717) is 24.5 Å². The Labute approximate surface area is 177 Å². The van der Waals surface area contributed by atoms with Gasteiger partial charge in [-0.1, -0.05) is 0 Å². The van der Waals surface area contributed by atoms with Crippen molar-refractivity contribution < 1.29 is 4.79 Å². The van der Waals surface area contributed by atoms with E-state index < -0.39 is 0 Å². The van der Waals surface area contributed by atoms with Gasteiger partial charge in [-0.15, -0.1) is 21.5 Å². The molecule has 3 aromatic heterocycles. The van der Waals surface area contributed by atoms with Gasteiger partial charge < -0.3 is 15.1 Å². The first-order chi connectivity index (χ1) is 14.8. The van der Waals surface area contributed by atoms with Crippen LogP contribution in [0.3, 0.4) is 0 Å². The van der Waals surface area contributed by atoms with Crippen molar-refractivity contribution in [2.24, 2.45) is 0 Å². The van der Waals surface area contributed by atoms with Gasteiger partial charge in [0.2, 0.25) is 0 Å². The molecule has 4 heterocycles. The Morgan fingerprint density at radius 3 is 2.57 bits per heavy atom. The summed E-state index contributed by atoms with van der Waals surface area (Å²) in [4.78, 5) is 25.2. The van der Waals surface area contributed by atoms with E-state index in [9.17, 15) is 4.79 Å². The molecule has 0 spiro atoms. The van der Waals surface area contributed by atoms with Crippen LogP contribution in [-0.2, 0) is 0 Å². The standard InChI is InChI=1S/C21H19N7OS/c29-21(15-1-2-17-18(13-15)30-14-23-17)28-11-9-27(10-12-28)20-4-3-19(25-26-20)24-16-5-7-22-8-6-16/h1-8,13-14H,9-12H2,(H,22,24,25). The molecule has 4 aromatic rings. The van der Waals surface area contributed by atoms with Crippen molar-refractivity contribution in [1.29, 1.82) is 0 Å². The number of thiazole rings is 1. The van der Waals surface area contributed by atoms with Gasteiger partial charge in [0.15, 0.2) is 11.6 Å². The molecular formula is C21H19N7OS. The van der Waals surface area contributed by atoms with Crippen LogP contribution in [-0.4, -0.2) is 57.2 Å². The maximum atomic E-state index is 12.9. The summed E-state index contributed by atoms with van der Waals surface area (Å²) < 4.78 is 1.04. The highest BCUT2D eigenvalue weighted by Gasteiger charge is 2.23. The van der Waals surface area contributed by atoms with Crippen LogP contribution >= 0.6 is 11.3 Å². The van der Waals surface area contributed by atoms with Gasteiger partial charge >= 0.3 is 0 Å². The number of fused-ring (bicyclic) bond motifs is 1. The van der Waals surface area contributed by atoms with Crippen LogP contribution in [0.1, 0.15) is 10.4 Å². The van der Waals surface area contributed by atoms with Crippen LogP contribution < -0.4 is 10.2 Å². The van der Waals surface area contributed by atoms with Crippen LogP contribution in [0.25, 0.3) is 10.2 Å². The Hall–Kier alpha value is -3.59. The lowest BCUT2D eigenvalue weighted by Crippen LogP contribution is -2.49. The van der Waals surface area contributed by atoms with Gasteiger partial charge in [-0.2, -0.15) is 0 Å². The second-order valence-electron chi connectivity index (χ2n) is 6.95. The number of piperazine rings is 1. The molecule has 0 unspecified atom stereocenters. The highest BCUT2D eigenvalue weighted by molar-refractivity contribution is 7.16. The summed E-state index contributed by atoms with van der Waals surface area (Å²) in [6.07, 6.45) is 3.45. The van der Waals surface area contributed by atoms with E-state index in [-0.39, 0.29) is 5.91 Å². The first-order valence-corrected chi connectivity index (χ1v) is 10.5.